The van der Waals surface area contributed by atoms with Crippen LogP contribution in [0.5, 0.6) is 0 Å². The van der Waals surface area contributed by atoms with Gasteiger partial charge in [-0.25, -0.2) is 13.5 Å². The van der Waals surface area contributed by atoms with E-state index < -0.39 is 11.6 Å². The Labute approximate surface area is 187 Å². The second-order valence-electron chi connectivity index (χ2n) is 7.98. The van der Waals surface area contributed by atoms with Crippen LogP contribution >= 0.6 is 0 Å². The summed E-state index contributed by atoms with van der Waals surface area (Å²) in [6.07, 6.45) is 2.78. The summed E-state index contributed by atoms with van der Waals surface area (Å²) in [6, 6.07) is 9.29. The molecule has 32 heavy (non-hydrogen) atoms. The zero-order chi connectivity index (χ0) is 22.5. The van der Waals surface area contributed by atoms with Crippen LogP contribution < -0.4 is 10.6 Å². The monoisotopic (exact) mass is 444 g/mol. The maximum atomic E-state index is 13.5. The van der Waals surface area contributed by atoms with Gasteiger partial charge in [-0.3, -0.25) is 4.90 Å². The minimum Gasteiger partial charge on any atom is -0.384 e. The second-order valence-corrected chi connectivity index (χ2v) is 7.98. The lowest BCUT2D eigenvalue weighted by atomic mass is 10.2. The van der Waals surface area contributed by atoms with Crippen LogP contribution in [-0.2, 0) is 4.74 Å². The van der Waals surface area contributed by atoms with Gasteiger partial charge in [0.25, 0.3) is 0 Å². The van der Waals surface area contributed by atoms with E-state index >= 15 is 0 Å². The molecule has 3 aromatic rings. The Bertz CT molecular complexity index is 1040. The molecule has 7 nitrogen and oxygen atoms in total. The van der Waals surface area contributed by atoms with E-state index in [2.05, 4.69) is 38.6 Å². The van der Waals surface area contributed by atoms with Crippen molar-refractivity contribution in [3.05, 3.63) is 59.9 Å². The molecule has 2 N–H and O–H groups in total. The van der Waals surface area contributed by atoms with Crippen molar-refractivity contribution in [1.29, 1.82) is 0 Å². The number of aryl methyl sites for hydroxylation is 1. The molecule has 4 rings (SSSR count). The lowest BCUT2D eigenvalue weighted by molar-refractivity contribution is -0.0282. The second kappa shape index (κ2) is 10.1. The van der Waals surface area contributed by atoms with Gasteiger partial charge in [0.05, 0.1) is 18.4 Å². The molecule has 1 fully saturated rings. The number of hydrogen-bond donors (Lipinski definition) is 2. The third kappa shape index (κ3) is 5.80. The van der Waals surface area contributed by atoms with Gasteiger partial charge in [-0.1, -0.05) is 6.92 Å². The van der Waals surface area contributed by atoms with Crippen LogP contribution in [0.15, 0.2) is 42.7 Å². The van der Waals surface area contributed by atoms with Gasteiger partial charge in [0, 0.05) is 45.0 Å². The van der Waals surface area contributed by atoms with Crippen molar-refractivity contribution in [1.82, 2.24) is 19.7 Å². The fourth-order valence-electron chi connectivity index (χ4n) is 3.79. The van der Waals surface area contributed by atoms with Crippen LogP contribution in [0.4, 0.5) is 26.1 Å². The Balaban J connectivity index is 0.00000306. The summed E-state index contributed by atoms with van der Waals surface area (Å²) >= 11 is 0. The third-order valence-corrected chi connectivity index (χ3v) is 5.37. The average molecular weight is 445 g/mol. The van der Waals surface area contributed by atoms with Crippen LogP contribution in [-0.4, -0.2) is 58.6 Å². The highest BCUT2D eigenvalue weighted by molar-refractivity contribution is 5.63. The summed E-state index contributed by atoms with van der Waals surface area (Å²) < 4.78 is 34.0. The van der Waals surface area contributed by atoms with Gasteiger partial charge < -0.3 is 15.4 Å². The third-order valence-electron chi connectivity index (χ3n) is 5.37. The van der Waals surface area contributed by atoms with Crippen molar-refractivity contribution in [2.75, 3.05) is 43.4 Å². The predicted octanol–water partition coefficient (Wildman–Crippen LogP) is 4.37. The molecule has 2 heterocycles. The predicted molar refractivity (Wildman–Crippen MR) is 123 cm³/mol. The van der Waals surface area contributed by atoms with Crippen LogP contribution in [0.3, 0.4) is 0 Å². The van der Waals surface area contributed by atoms with Gasteiger partial charge in [-0.2, -0.15) is 4.98 Å². The smallest absolute Gasteiger partial charge is 0.246 e. The number of morpholine rings is 1. The van der Waals surface area contributed by atoms with E-state index in [0.29, 0.717) is 12.1 Å². The van der Waals surface area contributed by atoms with Crippen LogP contribution in [0.2, 0.25) is 0 Å². The number of aromatic nitrogens is 3. The fourth-order valence-corrected chi connectivity index (χ4v) is 3.79. The first-order chi connectivity index (χ1) is 15.5. The number of rotatable bonds is 8. The van der Waals surface area contributed by atoms with Crippen molar-refractivity contribution in [3.8, 4) is 5.69 Å². The van der Waals surface area contributed by atoms with Crippen LogP contribution in [0, 0.1) is 18.6 Å². The Kier molecular flexibility index (Phi) is 6.96. The molecule has 0 spiro atoms. The number of halogens is 2. The summed E-state index contributed by atoms with van der Waals surface area (Å²) in [7, 11) is 0. The number of nitrogens with one attached hydrogen (secondary N) is 2. The molecule has 1 saturated heterocycles. The number of nitrogens with zero attached hydrogens (tertiary/aromatic N) is 4. The molecule has 0 radical (unpaired) electrons. The van der Waals surface area contributed by atoms with Crippen molar-refractivity contribution in [2.45, 2.75) is 26.4 Å². The van der Waals surface area contributed by atoms with E-state index in [1.54, 1.807) is 0 Å². The minimum absolute atomic E-state index is 0. The molecule has 0 bridgehead atoms. The van der Waals surface area contributed by atoms with E-state index in [-0.39, 0.29) is 7.11 Å². The van der Waals surface area contributed by atoms with Crippen LogP contribution in [0.25, 0.3) is 5.69 Å². The van der Waals surface area contributed by atoms with E-state index in [4.69, 9.17) is 4.74 Å². The summed E-state index contributed by atoms with van der Waals surface area (Å²) in [5, 5.41) is 10.9. The topological polar surface area (TPSA) is 67.2 Å². The van der Waals surface area contributed by atoms with Gasteiger partial charge in [-0.15, -0.1) is 5.10 Å². The normalized spacial score (nSPS) is 16.8. The molecule has 1 atom stereocenters. The Hall–Kier alpha value is -3.04. The van der Waals surface area contributed by atoms with Crippen molar-refractivity contribution in [3.63, 3.8) is 0 Å². The van der Waals surface area contributed by atoms with Crippen molar-refractivity contribution < 1.29 is 14.9 Å². The van der Waals surface area contributed by atoms with E-state index in [9.17, 15) is 8.78 Å². The highest BCUT2D eigenvalue weighted by Gasteiger charge is 2.18. The Morgan fingerprint density at radius 3 is 2.69 bits per heavy atom. The van der Waals surface area contributed by atoms with Crippen LogP contribution in [0.1, 0.15) is 20.3 Å². The molecule has 9 heteroatoms. The molecular weight excluding hydrogens is 414 g/mol. The molecule has 1 unspecified atom stereocenters. The number of ether oxygens (including phenoxy) is 1. The molecule has 2 aromatic carbocycles. The van der Waals surface area contributed by atoms with Gasteiger partial charge in [-0.05, 0) is 49.2 Å². The van der Waals surface area contributed by atoms with Gasteiger partial charge >= 0.3 is 0 Å². The first-order valence-electron chi connectivity index (χ1n) is 10.8. The van der Waals surface area contributed by atoms with Gasteiger partial charge in [0.1, 0.15) is 18.0 Å². The molecule has 1 aliphatic rings. The molecule has 0 aliphatic carbocycles. The molecule has 172 valence electrons. The Morgan fingerprint density at radius 2 is 1.91 bits per heavy atom. The standard InChI is InChI=1S/C23H28F2N6O.H2/c1-3-22-14-30(6-7-32-22)5-4-26-19-8-16(2)9-20(13-19)28-23-27-15-31(29-23)21-11-17(24)10-18(25)12-21;/h8-13,15,22,26H,3-7,14H2,1-2H3,(H,28,29);1H. The highest BCUT2D eigenvalue weighted by atomic mass is 19.1. The average Bonchev–Trinajstić information content (AvgIpc) is 3.21. The Morgan fingerprint density at radius 1 is 1.12 bits per heavy atom. The highest BCUT2D eigenvalue weighted by Crippen LogP contribution is 2.22. The molecule has 0 saturated carbocycles. The van der Waals surface area contributed by atoms with Crippen molar-refractivity contribution in [2.24, 2.45) is 0 Å². The van der Waals surface area contributed by atoms with E-state index in [1.807, 2.05) is 19.1 Å². The summed E-state index contributed by atoms with van der Waals surface area (Å²) in [4.78, 5) is 6.62. The first kappa shape index (κ1) is 22.2. The number of anilines is 3. The maximum Gasteiger partial charge on any atom is 0.246 e. The molecule has 1 aliphatic heterocycles. The molecule has 0 amide bonds. The minimum atomic E-state index is -0.665. The largest absolute Gasteiger partial charge is 0.384 e. The number of hydrogen-bond acceptors (Lipinski definition) is 6. The quantitative estimate of drug-likeness (QED) is 0.538. The zero-order valence-corrected chi connectivity index (χ0v) is 18.3. The van der Waals surface area contributed by atoms with E-state index in [1.165, 1.54) is 23.1 Å². The van der Waals surface area contributed by atoms with Gasteiger partial charge in [0.2, 0.25) is 5.95 Å². The lowest BCUT2D eigenvalue weighted by Crippen LogP contribution is -2.43. The van der Waals surface area contributed by atoms with Gasteiger partial charge in [0.15, 0.2) is 0 Å². The summed E-state index contributed by atoms with van der Waals surface area (Å²) in [5.74, 6) is -0.992. The molecule has 1 aromatic heterocycles. The summed E-state index contributed by atoms with van der Waals surface area (Å²) in [5.41, 5.74) is 3.18. The maximum absolute atomic E-state index is 13.5. The fraction of sp³-hybridized carbons (Fsp3) is 0.391. The first-order valence-corrected chi connectivity index (χ1v) is 10.8. The zero-order valence-electron chi connectivity index (χ0n) is 18.3. The molecular formula is C23H30F2N6O. The summed E-state index contributed by atoms with van der Waals surface area (Å²) in [6.45, 7) is 8.68. The van der Waals surface area contributed by atoms with E-state index in [0.717, 1.165) is 62.2 Å². The number of benzene rings is 2. The lowest BCUT2D eigenvalue weighted by Gasteiger charge is -2.32. The van der Waals surface area contributed by atoms with Crippen molar-refractivity contribution >= 4 is 17.3 Å². The SMILES string of the molecule is CCC1CN(CCNc2cc(C)cc(Nc3ncn(-c4cc(F)cc(F)c4)n3)c2)CCO1.[HH].